The van der Waals surface area contributed by atoms with Crippen LogP contribution in [0.2, 0.25) is 0 Å². The Kier molecular flexibility index (Phi) is 5.23. The SMILES string of the molecule is O=C(NCC(O)c1ccc(C(F)(F)F)cc1)Nc1ccccc1. The number of anilines is 1. The van der Waals surface area contributed by atoms with Gasteiger partial charge in [-0.2, -0.15) is 13.2 Å². The molecule has 0 heterocycles. The van der Waals surface area contributed by atoms with Crippen molar-refractivity contribution in [3.05, 3.63) is 65.7 Å². The maximum atomic E-state index is 12.5. The first kappa shape index (κ1) is 16.8. The maximum Gasteiger partial charge on any atom is 0.416 e. The minimum absolute atomic E-state index is 0.121. The Balaban J connectivity index is 1.87. The van der Waals surface area contributed by atoms with Crippen LogP contribution >= 0.6 is 0 Å². The van der Waals surface area contributed by atoms with E-state index in [-0.39, 0.29) is 12.1 Å². The van der Waals surface area contributed by atoms with E-state index in [1.54, 1.807) is 30.3 Å². The number of aliphatic hydroxyl groups excluding tert-OH is 1. The Hall–Kier alpha value is -2.54. The molecule has 1 atom stereocenters. The number of carbonyl (C=O) groups excluding carboxylic acids is 1. The maximum absolute atomic E-state index is 12.5. The fraction of sp³-hybridized carbons (Fsp3) is 0.188. The molecule has 1 unspecified atom stereocenters. The Morgan fingerprint density at radius 1 is 1.04 bits per heavy atom. The predicted molar refractivity (Wildman–Crippen MR) is 79.9 cm³/mol. The molecule has 2 amide bonds. The molecule has 7 heteroatoms. The van der Waals surface area contributed by atoms with E-state index in [4.69, 9.17) is 0 Å². The number of amides is 2. The number of urea groups is 1. The van der Waals surface area contributed by atoms with Crippen molar-refractivity contribution >= 4 is 11.7 Å². The molecule has 122 valence electrons. The number of benzene rings is 2. The standard InChI is InChI=1S/C16H15F3N2O2/c17-16(18,19)12-8-6-11(7-9-12)14(22)10-20-15(23)21-13-4-2-1-3-5-13/h1-9,14,22H,10H2,(H2,20,21,23). The third-order valence-corrected chi connectivity index (χ3v) is 3.11. The zero-order valence-electron chi connectivity index (χ0n) is 12.0. The molecule has 2 aromatic carbocycles. The van der Waals surface area contributed by atoms with Gasteiger partial charge in [-0.25, -0.2) is 4.79 Å². The fourth-order valence-electron chi connectivity index (χ4n) is 1.90. The van der Waals surface area contributed by atoms with E-state index in [1.807, 2.05) is 0 Å². The van der Waals surface area contributed by atoms with E-state index in [0.717, 1.165) is 12.1 Å². The van der Waals surface area contributed by atoms with Gasteiger partial charge in [0.2, 0.25) is 0 Å². The Bertz CT molecular complexity index is 643. The minimum Gasteiger partial charge on any atom is -0.387 e. The van der Waals surface area contributed by atoms with Crippen LogP contribution < -0.4 is 10.6 Å². The zero-order chi connectivity index (χ0) is 16.9. The molecule has 0 fully saturated rings. The van der Waals surface area contributed by atoms with Gasteiger partial charge in [-0.3, -0.25) is 0 Å². The molecule has 0 aliphatic carbocycles. The monoisotopic (exact) mass is 324 g/mol. The molecular formula is C16H15F3N2O2. The summed E-state index contributed by atoms with van der Waals surface area (Å²) in [6.45, 7) is -0.121. The third kappa shape index (κ3) is 5.00. The number of para-hydroxylation sites is 1. The molecule has 3 N–H and O–H groups in total. The number of nitrogens with one attached hydrogen (secondary N) is 2. The number of halogens is 3. The largest absolute Gasteiger partial charge is 0.416 e. The molecule has 0 aliphatic rings. The van der Waals surface area contributed by atoms with Crippen LogP contribution in [0.3, 0.4) is 0 Å². The van der Waals surface area contributed by atoms with Gasteiger partial charge in [0.1, 0.15) is 0 Å². The average molecular weight is 324 g/mol. The van der Waals surface area contributed by atoms with Crippen LogP contribution in [0, 0.1) is 0 Å². The molecule has 2 aromatic rings. The van der Waals surface area contributed by atoms with Gasteiger partial charge in [-0.15, -0.1) is 0 Å². The lowest BCUT2D eigenvalue weighted by Gasteiger charge is -2.14. The summed E-state index contributed by atoms with van der Waals surface area (Å²) in [7, 11) is 0. The average Bonchev–Trinajstić information content (AvgIpc) is 2.53. The fourth-order valence-corrected chi connectivity index (χ4v) is 1.90. The second-order valence-corrected chi connectivity index (χ2v) is 4.84. The van der Waals surface area contributed by atoms with Crippen molar-refractivity contribution in [2.45, 2.75) is 12.3 Å². The highest BCUT2D eigenvalue weighted by Crippen LogP contribution is 2.29. The normalized spacial score (nSPS) is 12.5. The summed E-state index contributed by atoms with van der Waals surface area (Å²) >= 11 is 0. The zero-order valence-corrected chi connectivity index (χ0v) is 12.0. The Morgan fingerprint density at radius 2 is 1.65 bits per heavy atom. The van der Waals surface area contributed by atoms with Gasteiger partial charge >= 0.3 is 12.2 Å². The van der Waals surface area contributed by atoms with Gasteiger partial charge in [0.05, 0.1) is 11.7 Å². The number of carbonyl (C=O) groups is 1. The smallest absolute Gasteiger partial charge is 0.387 e. The summed E-state index contributed by atoms with van der Waals surface area (Å²) in [5.41, 5.74) is 0.0928. The van der Waals surface area contributed by atoms with Crippen LogP contribution in [0.25, 0.3) is 0 Å². The summed E-state index contributed by atoms with van der Waals surface area (Å²) < 4.78 is 37.4. The minimum atomic E-state index is -4.42. The highest BCUT2D eigenvalue weighted by Gasteiger charge is 2.30. The van der Waals surface area contributed by atoms with E-state index in [2.05, 4.69) is 10.6 Å². The van der Waals surface area contributed by atoms with Crippen molar-refractivity contribution in [1.29, 1.82) is 0 Å². The van der Waals surface area contributed by atoms with Crippen molar-refractivity contribution < 1.29 is 23.1 Å². The number of aliphatic hydroxyl groups is 1. The molecule has 0 saturated carbocycles. The first-order chi connectivity index (χ1) is 10.9. The van der Waals surface area contributed by atoms with Gasteiger partial charge in [-0.05, 0) is 29.8 Å². The van der Waals surface area contributed by atoms with Crippen molar-refractivity contribution in [1.82, 2.24) is 5.32 Å². The molecule has 23 heavy (non-hydrogen) atoms. The van der Waals surface area contributed by atoms with Crippen molar-refractivity contribution in [2.24, 2.45) is 0 Å². The first-order valence-corrected chi connectivity index (χ1v) is 6.81. The summed E-state index contributed by atoms with van der Waals surface area (Å²) in [5.74, 6) is 0. The quantitative estimate of drug-likeness (QED) is 0.805. The molecule has 4 nitrogen and oxygen atoms in total. The van der Waals surface area contributed by atoms with Gasteiger partial charge in [0.25, 0.3) is 0 Å². The predicted octanol–water partition coefficient (Wildman–Crippen LogP) is 3.56. The van der Waals surface area contributed by atoms with E-state index >= 15 is 0 Å². The lowest BCUT2D eigenvalue weighted by molar-refractivity contribution is -0.137. The second-order valence-electron chi connectivity index (χ2n) is 4.84. The highest BCUT2D eigenvalue weighted by molar-refractivity contribution is 5.89. The summed E-state index contributed by atoms with van der Waals surface area (Å²) in [4.78, 5) is 11.7. The van der Waals surface area contributed by atoms with Gasteiger partial charge in [-0.1, -0.05) is 30.3 Å². The Morgan fingerprint density at radius 3 is 2.22 bits per heavy atom. The molecule has 0 aliphatic heterocycles. The first-order valence-electron chi connectivity index (χ1n) is 6.81. The van der Waals surface area contributed by atoms with Gasteiger partial charge in [0, 0.05) is 12.2 Å². The molecule has 0 radical (unpaired) electrons. The third-order valence-electron chi connectivity index (χ3n) is 3.11. The number of hydrogen-bond acceptors (Lipinski definition) is 2. The molecule has 0 aromatic heterocycles. The number of hydrogen-bond donors (Lipinski definition) is 3. The molecule has 0 saturated heterocycles. The molecule has 2 rings (SSSR count). The van der Waals surface area contributed by atoms with Gasteiger partial charge in [0.15, 0.2) is 0 Å². The Labute approximate surface area is 131 Å². The van der Waals surface area contributed by atoms with Crippen molar-refractivity contribution in [3.63, 3.8) is 0 Å². The van der Waals surface area contributed by atoms with Crippen LogP contribution in [0.4, 0.5) is 23.7 Å². The summed E-state index contributed by atoms with van der Waals surface area (Å²) in [5, 5.41) is 14.9. The van der Waals surface area contributed by atoms with Gasteiger partial charge < -0.3 is 15.7 Å². The van der Waals surface area contributed by atoms with Crippen molar-refractivity contribution in [3.8, 4) is 0 Å². The lowest BCUT2D eigenvalue weighted by Crippen LogP contribution is -2.32. The summed E-state index contributed by atoms with van der Waals surface area (Å²) in [6, 6.07) is 12.4. The topological polar surface area (TPSA) is 61.4 Å². The molecular weight excluding hydrogens is 309 g/mol. The van der Waals surface area contributed by atoms with Crippen LogP contribution in [-0.4, -0.2) is 17.7 Å². The number of rotatable bonds is 4. The number of alkyl halides is 3. The van der Waals surface area contributed by atoms with Crippen LogP contribution in [0.1, 0.15) is 17.2 Å². The molecule has 0 spiro atoms. The summed E-state index contributed by atoms with van der Waals surface area (Å²) in [6.07, 6.45) is -5.52. The van der Waals surface area contributed by atoms with E-state index in [1.165, 1.54) is 12.1 Å². The molecule has 0 bridgehead atoms. The lowest BCUT2D eigenvalue weighted by atomic mass is 10.1. The van der Waals surface area contributed by atoms with E-state index in [0.29, 0.717) is 5.69 Å². The van der Waals surface area contributed by atoms with E-state index < -0.39 is 23.9 Å². The van der Waals surface area contributed by atoms with Crippen molar-refractivity contribution in [2.75, 3.05) is 11.9 Å². The van der Waals surface area contributed by atoms with E-state index in [9.17, 15) is 23.1 Å². The van der Waals surface area contributed by atoms with Crippen LogP contribution in [0.15, 0.2) is 54.6 Å². The second kappa shape index (κ2) is 7.15. The van der Waals surface area contributed by atoms with Crippen LogP contribution in [0.5, 0.6) is 0 Å². The van der Waals surface area contributed by atoms with Crippen LogP contribution in [-0.2, 0) is 6.18 Å². The highest BCUT2D eigenvalue weighted by atomic mass is 19.4.